The topological polar surface area (TPSA) is 51.8 Å². The molecule has 0 aliphatic heterocycles. The van der Waals surface area contributed by atoms with Crippen LogP contribution in [-0.4, -0.2) is 15.0 Å². The number of aromatic nitrogens is 3. The molecule has 0 bridgehead atoms. The van der Waals surface area contributed by atoms with E-state index in [1.165, 1.54) is 44.0 Å². The van der Waals surface area contributed by atoms with Gasteiger partial charge in [-0.3, -0.25) is 0 Å². The standard InChI is InChI=1S/C34H41N2O.C28H34N.Ir/c1-22-11-12-25-24-9-8-10-26(28(24)37-30(25)36-22)27-19-23(13-18-35-27)29-32(4,5)20-34(21-33(29,6)7)16-14-31(2,3)15-17-34;1-20-13-14-22(15-25(20)21-11-9-8-10-12-21)26-16-23(17-27(2,3)4)24(19-29-26)18-28(5,6)7;/h8-9,11-13,18-19,29H,14-17,20-21H2,1-7H3;8-13,15-16,19H,17-18H2,1-7H3;/q2*-1;/i1D3,29D;1D3,17D2,18D2;. The summed E-state index contributed by atoms with van der Waals surface area (Å²) in [6.07, 6.45) is 6.58. The second kappa shape index (κ2) is 18.8. The van der Waals surface area contributed by atoms with Gasteiger partial charge < -0.3 is 14.4 Å². The molecule has 3 aromatic carbocycles. The first-order valence-electron chi connectivity index (χ1n) is 29.1. The molecule has 0 saturated heterocycles. The van der Waals surface area contributed by atoms with Crippen LogP contribution in [0.4, 0.5) is 0 Å². The quantitative estimate of drug-likeness (QED) is 0.156. The van der Waals surface area contributed by atoms with Gasteiger partial charge in [0.15, 0.2) is 0 Å². The van der Waals surface area contributed by atoms with Crippen molar-refractivity contribution in [3.63, 3.8) is 0 Å². The molecule has 0 unspecified atom stereocenters. The molecule has 4 nitrogen and oxygen atoms in total. The number of benzene rings is 3. The largest absolute Gasteiger partial charge is 0.486 e. The fourth-order valence-corrected chi connectivity index (χ4v) is 11.3. The van der Waals surface area contributed by atoms with E-state index in [-0.39, 0.29) is 64.4 Å². The molecule has 1 spiro atoms. The minimum Gasteiger partial charge on any atom is -0.486 e. The fourth-order valence-electron chi connectivity index (χ4n) is 11.3. The molecule has 7 aromatic rings. The van der Waals surface area contributed by atoms with Crippen LogP contribution in [-0.2, 0) is 32.9 Å². The third-order valence-corrected chi connectivity index (χ3v) is 13.5. The van der Waals surface area contributed by atoms with Gasteiger partial charge in [0.1, 0.15) is 0 Å². The molecule has 5 heteroatoms. The number of nitrogens with zero attached hydrogens (tertiary/aromatic N) is 3. The van der Waals surface area contributed by atoms with Crippen molar-refractivity contribution in [1.29, 1.82) is 0 Å². The van der Waals surface area contributed by atoms with E-state index in [1.807, 2.05) is 48.5 Å². The average molecular weight is 1080 g/mol. The van der Waals surface area contributed by atoms with Crippen LogP contribution in [0.2, 0.25) is 0 Å². The number of aryl methyl sites for hydroxylation is 2. The summed E-state index contributed by atoms with van der Waals surface area (Å²) in [5.74, 6) is -0.826. The molecule has 2 aliphatic carbocycles. The van der Waals surface area contributed by atoms with Crippen LogP contribution in [0.1, 0.15) is 171 Å². The van der Waals surface area contributed by atoms with Crippen molar-refractivity contribution in [3.05, 3.63) is 137 Å². The second-order valence-corrected chi connectivity index (χ2v) is 23.2. The van der Waals surface area contributed by atoms with E-state index < -0.39 is 43.2 Å². The van der Waals surface area contributed by atoms with Gasteiger partial charge in [-0.05, 0) is 148 Å². The van der Waals surface area contributed by atoms with Gasteiger partial charge in [0.25, 0.3) is 0 Å². The van der Waals surface area contributed by atoms with Crippen molar-refractivity contribution >= 4 is 22.1 Å². The van der Waals surface area contributed by atoms with Gasteiger partial charge in [-0.1, -0.05) is 149 Å². The predicted octanol–water partition coefficient (Wildman–Crippen LogP) is 17.4. The molecule has 67 heavy (non-hydrogen) atoms. The Hall–Kier alpha value is -4.44. The smallest absolute Gasteiger partial charge is 0.216 e. The number of hydrogen-bond donors (Lipinski definition) is 0. The number of rotatable bonds is 6. The molecule has 2 saturated carbocycles. The van der Waals surface area contributed by atoms with Gasteiger partial charge in [0.05, 0.1) is 5.58 Å². The molecular formula is C62H75IrN3O-2. The maximum absolute atomic E-state index is 10.2. The molecule has 2 fully saturated rings. The van der Waals surface area contributed by atoms with Crippen LogP contribution in [0, 0.1) is 58.3 Å². The third kappa shape index (κ3) is 11.4. The van der Waals surface area contributed by atoms with E-state index >= 15 is 0 Å². The number of fused-ring (bicyclic) bond motifs is 3. The Labute approximate surface area is 432 Å². The first-order chi connectivity index (χ1) is 35.3. The Bertz CT molecular complexity index is 3290. The van der Waals surface area contributed by atoms with Gasteiger partial charge in [-0.25, -0.2) is 4.98 Å². The Kier molecular flexibility index (Phi) is 10.5. The van der Waals surface area contributed by atoms with Gasteiger partial charge >= 0.3 is 0 Å². The van der Waals surface area contributed by atoms with E-state index in [9.17, 15) is 1.37 Å². The van der Waals surface area contributed by atoms with E-state index in [0.29, 0.717) is 39.1 Å². The van der Waals surface area contributed by atoms with Gasteiger partial charge in [0, 0.05) is 58.7 Å². The van der Waals surface area contributed by atoms with Gasteiger partial charge in [0.2, 0.25) is 5.71 Å². The Morgan fingerprint density at radius 1 is 0.746 bits per heavy atom. The predicted molar refractivity (Wildman–Crippen MR) is 278 cm³/mol. The summed E-state index contributed by atoms with van der Waals surface area (Å²) in [6.45, 7) is 20.0. The Balaban J connectivity index is 0.000000226. The maximum atomic E-state index is 10.2. The molecule has 355 valence electrons. The van der Waals surface area contributed by atoms with Crippen LogP contribution < -0.4 is 0 Å². The molecule has 0 amide bonds. The maximum Gasteiger partial charge on any atom is 0.216 e. The van der Waals surface area contributed by atoms with Crippen molar-refractivity contribution in [3.8, 4) is 33.6 Å². The van der Waals surface area contributed by atoms with E-state index in [4.69, 9.17) is 23.1 Å². The summed E-state index contributed by atoms with van der Waals surface area (Å²) in [4.78, 5) is 13.6. The summed E-state index contributed by atoms with van der Waals surface area (Å²) < 4.78 is 99.2. The van der Waals surface area contributed by atoms with Gasteiger partial charge in [-0.2, -0.15) is 0 Å². The van der Waals surface area contributed by atoms with Crippen LogP contribution in [0.15, 0.2) is 102 Å². The summed E-state index contributed by atoms with van der Waals surface area (Å²) >= 11 is 0. The van der Waals surface area contributed by atoms with Crippen LogP contribution >= 0.6 is 0 Å². The molecule has 2 aliphatic rings. The molecule has 4 heterocycles. The first kappa shape index (κ1) is 37.5. The van der Waals surface area contributed by atoms with Crippen molar-refractivity contribution < 1.29 is 39.6 Å². The second-order valence-electron chi connectivity index (χ2n) is 23.2. The van der Waals surface area contributed by atoms with Crippen molar-refractivity contribution in [1.82, 2.24) is 15.0 Å². The third-order valence-electron chi connectivity index (χ3n) is 13.5. The Morgan fingerprint density at radius 3 is 2.09 bits per heavy atom. The zero-order valence-electron chi connectivity index (χ0n) is 52.6. The van der Waals surface area contributed by atoms with E-state index in [2.05, 4.69) is 69.7 Å². The minimum atomic E-state index is -2.34. The summed E-state index contributed by atoms with van der Waals surface area (Å²) in [5.41, 5.74) is 4.60. The van der Waals surface area contributed by atoms with Crippen LogP contribution in [0.5, 0.6) is 0 Å². The Morgan fingerprint density at radius 2 is 1.43 bits per heavy atom. The molecule has 0 N–H and O–H groups in total. The van der Waals surface area contributed by atoms with Crippen molar-refractivity contribution in [2.75, 3.05) is 0 Å². The monoisotopic (exact) mass is 1080 g/mol. The van der Waals surface area contributed by atoms with Crippen LogP contribution in [0.25, 0.3) is 55.7 Å². The molecule has 0 atom stereocenters. The summed E-state index contributed by atoms with van der Waals surface area (Å²) in [5, 5.41) is 1.60. The number of furan rings is 1. The zero-order chi connectivity index (χ0) is 57.0. The molecule has 1 radical (unpaired) electrons. The number of hydrogen-bond acceptors (Lipinski definition) is 4. The molecule has 9 rings (SSSR count). The molecular weight excluding hydrogens is 995 g/mol. The van der Waals surface area contributed by atoms with Crippen LogP contribution in [0.3, 0.4) is 0 Å². The fraction of sp³-hybridized carbons (Fsp3) is 0.468. The van der Waals surface area contributed by atoms with Crippen molar-refractivity contribution in [2.24, 2.45) is 32.5 Å². The first-order valence-corrected chi connectivity index (χ1v) is 23.6. The SMILES string of the molecule is [2H]C([2H])([2H])c1c[c-]c(-c2cc(C([2H])([2H])C(C)(C)C)c(C([2H])([2H])C(C)(C)C)cn2)cc1-c1ccccc1.[2H]C([2H])([2H])c1ccc2c(n1)oc1c(-c3cc(C4([2H])C(C)(C)CC5(CCC(C)(C)CC5)CC4(C)C)ccn3)[c-]ccc12.[Ir]. The minimum absolute atomic E-state index is 0. The number of pyridine rings is 3. The average Bonchev–Trinajstić information content (AvgIpc) is 3.72. The summed E-state index contributed by atoms with van der Waals surface area (Å²) in [7, 11) is 0. The normalized spacial score (nSPS) is 22.9. The van der Waals surface area contributed by atoms with E-state index in [1.54, 1.807) is 65.9 Å². The zero-order valence-corrected chi connectivity index (χ0v) is 44.0. The molecule has 4 aromatic heterocycles. The van der Waals surface area contributed by atoms with E-state index in [0.717, 1.165) is 34.7 Å². The summed E-state index contributed by atoms with van der Waals surface area (Å²) in [6, 6.07) is 31.5. The van der Waals surface area contributed by atoms with Crippen molar-refractivity contribution in [2.45, 2.75) is 154 Å². The van der Waals surface area contributed by atoms with Gasteiger partial charge in [-0.15, -0.1) is 47.5 Å².